The number of nitrogens with one attached hydrogen (secondary N) is 1. The lowest BCUT2D eigenvalue weighted by atomic mass is 9.93. The molecule has 0 amide bonds. The van der Waals surface area contributed by atoms with Crippen LogP contribution >= 0.6 is 23.1 Å². The number of nitrogens with two attached hydrogens (primary N) is 1. The summed E-state index contributed by atoms with van der Waals surface area (Å²) in [4.78, 5) is 5.32. The predicted molar refractivity (Wildman–Crippen MR) is 111 cm³/mol. The van der Waals surface area contributed by atoms with Crippen LogP contribution in [0.3, 0.4) is 0 Å². The average Bonchev–Trinajstić information content (AvgIpc) is 3.26. The molecule has 0 saturated heterocycles. The van der Waals surface area contributed by atoms with E-state index in [4.69, 9.17) is 5.73 Å². The van der Waals surface area contributed by atoms with Crippen LogP contribution in [0.2, 0.25) is 0 Å². The summed E-state index contributed by atoms with van der Waals surface area (Å²) in [6.45, 7) is 0. The Hall–Kier alpha value is -2.43. The highest BCUT2D eigenvalue weighted by Gasteiger charge is 2.20. The van der Waals surface area contributed by atoms with Gasteiger partial charge in [0.15, 0.2) is 10.8 Å². The maximum absolute atomic E-state index is 9.67. The van der Waals surface area contributed by atoms with E-state index in [2.05, 4.69) is 31.7 Å². The molecule has 4 aromatic rings. The second-order valence-corrected chi connectivity index (χ2v) is 9.01. The summed E-state index contributed by atoms with van der Waals surface area (Å²) < 4.78 is 2.81. The number of rotatable bonds is 4. The number of aromatic nitrogens is 5. The van der Waals surface area contributed by atoms with Crippen molar-refractivity contribution in [3.8, 4) is 0 Å². The fourth-order valence-corrected chi connectivity index (χ4v) is 5.10. The van der Waals surface area contributed by atoms with Crippen LogP contribution in [-0.2, 0) is 0 Å². The molecule has 0 radical (unpaired) electrons. The Morgan fingerprint density at radius 2 is 2.00 bits per heavy atom. The lowest BCUT2D eigenvalue weighted by Gasteiger charge is -2.26. The van der Waals surface area contributed by atoms with Crippen LogP contribution in [0.15, 0.2) is 40.4 Å². The van der Waals surface area contributed by atoms with Crippen molar-refractivity contribution in [1.29, 1.82) is 0 Å². The molecule has 10 heteroatoms. The first-order chi connectivity index (χ1) is 13.6. The number of nitrogens with zero attached hydrogens (tertiary/aromatic N) is 5. The van der Waals surface area contributed by atoms with E-state index in [0.717, 1.165) is 46.6 Å². The molecule has 144 valence electrons. The van der Waals surface area contributed by atoms with Gasteiger partial charge in [-0.05, 0) is 67.8 Å². The van der Waals surface area contributed by atoms with Gasteiger partial charge in [0.25, 0.3) is 0 Å². The van der Waals surface area contributed by atoms with Crippen LogP contribution in [0, 0.1) is 0 Å². The predicted octanol–water partition coefficient (Wildman–Crippen LogP) is 3.18. The minimum absolute atomic E-state index is 0.166. The zero-order valence-corrected chi connectivity index (χ0v) is 16.6. The zero-order valence-electron chi connectivity index (χ0n) is 14.9. The van der Waals surface area contributed by atoms with E-state index in [1.54, 1.807) is 4.52 Å². The van der Waals surface area contributed by atoms with Gasteiger partial charge in [-0.1, -0.05) is 11.3 Å². The number of aliphatic hydroxyl groups excluding tert-OH is 1. The third-order valence-corrected chi connectivity index (χ3v) is 6.64. The standard InChI is InChI=1S/C18H19N7OS2/c19-17-21-13-6-5-12(9-14(13)28-17)27-18-23-22-16-8-7-15(24-25(16)18)20-10-1-3-11(26)4-2-10/h5-11,26H,1-4H2,(H2,19,21)(H,20,24)/t10-,11-. The molecular formula is C18H19N7OS2. The van der Waals surface area contributed by atoms with E-state index in [0.29, 0.717) is 22.0 Å². The van der Waals surface area contributed by atoms with Gasteiger partial charge in [0.1, 0.15) is 5.82 Å². The summed E-state index contributed by atoms with van der Waals surface area (Å²) in [5.74, 6) is 0.793. The van der Waals surface area contributed by atoms with Crippen LogP contribution < -0.4 is 11.1 Å². The van der Waals surface area contributed by atoms with Gasteiger partial charge in [0.05, 0.1) is 16.3 Å². The molecule has 8 nitrogen and oxygen atoms in total. The summed E-state index contributed by atoms with van der Waals surface area (Å²) in [5, 5.41) is 27.6. The fourth-order valence-electron chi connectivity index (χ4n) is 3.43. The van der Waals surface area contributed by atoms with E-state index in [-0.39, 0.29) is 6.10 Å². The minimum Gasteiger partial charge on any atom is -0.393 e. The molecule has 1 aliphatic carbocycles. The molecule has 0 aliphatic heterocycles. The van der Waals surface area contributed by atoms with Gasteiger partial charge in [0, 0.05) is 10.9 Å². The lowest BCUT2D eigenvalue weighted by molar-refractivity contribution is 0.126. The molecule has 1 aliphatic rings. The summed E-state index contributed by atoms with van der Waals surface area (Å²) in [7, 11) is 0. The number of nitrogen functional groups attached to an aromatic ring is 1. The molecule has 1 aromatic carbocycles. The highest BCUT2D eigenvalue weighted by molar-refractivity contribution is 7.99. The Morgan fingerprint density at radius 1 is 1.14 bits per heavy atom. The van der Waals surface area contributed by atoms with Gasteiger partial charge in [0.2, 0.25) is 5.16 Å². The summed E-state index contributed by atoms with van der Waals surface area (Å²) in [6, 6.07) is 10.2. The van der Waals surface area contributed by atoms with Gasteiger partial charge in [-0.3, -0.25) is 0 Å². The number of anilines is 2. The highest BCUT2D eigenvalue weighted by Crippen LogP contribution is 2.32. The third kappa shape index (κ3) is 3.50. The van der Waals surface area contributed by atoms with Crippen molar-refractivity contribution in [2.75, 3.05) is 11.1 Å². The quantitative estimate of drug-likeness (QED) is 0.467. The van der Waals surface area contributed by atoms with Crippen LogP contribution in [-0.4, -0.2) is 42.0 Å². The van der Waals surface area contributed by atoms with Crippen molar-refractivity contribution in [1.82, 2.24) is 24.8 Å². The van der Waals surface area contributed by atoms with Crippen molar-refractivity contribution in [3.05, 3.63) is 30.3 Å². The van der Waals surface area contributed by atoms with Crippen molar-refractivity contribution >= 4 is 49.9 Å². The van der Waals surface area contributed by atoms with Gasteiger partial charge >= 0.3 is 0 Å². The molecule has 0 atom stereocenters. The van der Waals surface area contributed by atoms with Crippen LogP contribution in [0.5, 0.6) is 0 Å². The zero-order chi connectivity index (χ0) is 19.1. The number of aliphatic hydroxyl groups is 1. The molecule has 1 saturated carbocycles. The Labute approximate surface area is 169 Å². The third-order valence-electron chi connectivity index (χ3n) is 4.87. The summed E-state index contributed by atoms with van der Waals surface area (Å²) in [5.41, 5.74) is 7.40. The number of thiazole rings is 1. The van der Waals surface area contributed by atoms with E-state index in [1.165, 1.54) is 23.1 Å². The molecule has 1 fully saturated rings. The molecule has 3 aromatic heterocycles. The molecule has 0 spiro atoms. The van der Waals surface area contributed by atoms with Crippen molar-refractivity contribution in [2.24, 2.45) is 0 Å². The first-order valence-electron chi connectivity index (χ1n) is 9.15. The van der Waals surface area contributed by atoms with E-state index in [1.807, 2.05) is 24.3 Å². The first-order valence-corrected chi connectivity index (χ1v) is 10.8. The minimum atomic E-state index is -0.166. The first kappa shape index (κ1) is 17.7. The van der Waals surface area contributed by atoms with Crippen molar-refractivity contribution in [3.63, 3.8) is 0 Å². The van der Waals surface area contributed by atoms with E-state index in [9.17, 15) is 5.11 Å². The summed E-state index contributed by atoms with van der Waals surface area (Å²) in [6.07, 6.45) is 3.39. The van der Waals surface area contributed by atoms with Crippen LogP contribution in [0.25, 0.3) is 15.9 Å². The molecular weight excluding hydrogens is 394 g/mol. The number of fused-ring (bicyclic) bond motifs is 2. The highest BCUT2D eigenvalue weighted by atomic mass is 32.2. The van der Waals surface area contributed by atoms with E-state index < -0.39 is 0 Å². The Morgan fingerprint density at radius 3 is 2.86 bits per heavy atom. The molecule has 4 N–H and O–H groups in total. The largest absolute Gasteiger partial charge is 0.393 e. The lowest BCUT2D eigenvalue weighted by Crippen LogP contribution is -2.28. The SMILES string of the molecule is Nc1nc2ccc(Sc3nnc4ccc(N[C@H]5CC[C@H](O)CC5)nn34)cc2s1. The maximum Gasteiger partial charge on any atom is 0.217 e. The smallest absolute Gasteiger partial charge is 0.217 e. The van der Waals surface area contributed by atoms with E-state index >= 15 is 0 Å². The van der Waals surface area contributed by atoms with Gasteiger partial charge in [-0.2, -0.15) is 4.52 Å². The second-order valence-electron chi connectivity index (χ2n) is 6.90. The van der Waals surface area contributed by atoms with Crippen molar-refractivity contribution < 1.29 is 5.11 Å². The topological polar surface area (TPSA) is 114 Å². The molecule has 5 rings (SSSR count). The number of hydrogen-bond donors (Lipinski definition) is 3. The molecule has 28 heavy (non-hydrogen) atoms. The average molecular weight is 414 g/mol. The Bertz CT molecular complexity index is 1130. The number of benzene rings is 1. The van der Waals surface area contributed by atoms with Crippen molar-refractivity contribution in [2.45, 2.75) is 47.9 Å². The number of hydrogen-bond acceptors (Lipinski definition) is 9. The van der Waals surface area contributed by atoms with Gasteiger partial charge in [-0.25, -0.2) is 4.98 Å². The summed E-state index contributed by atoms with van der Waals surface area (Å²) >= 11 is 2.98. The monoisotopic (exact) mass is 413 g/mol. The Balaban J connectivity index is 1.39. The normalized spacial score (nSPS) is 20.0. The van der Waals surface area contributed by atoms with Gasteiger partial charge in [-0.15, -0.1) is 15.3 Å². The molecule has 0 unspecified atom stereocenters. The molecule has 3 heterocycles. The Kier molecular flexibility index (Phi) is 4.53. The second kappa shape index (κ2) is 7.19. The fraction of sp³-hybridized carbons (Fsp3) is 0.333. The van der Waals surface area contributed by atoms with Crippen LogP contribution in [0.4, 0.5) is 10.9 Å². The van der Waals surface area contributed by atoms with Crippen LogP contribution in [0.1, 0.15) is 25.7 Å². The van der Waals surface area contributed by atoms with Gasteiger partial charge < -0.3 is 16.2 Å². The molecule has 0 bridgehead atoms. The maximum atomic E-state index is 9.67.